The fourth-order valence-electron chi connectivity index (χ4n) is 8.19. The number of amides is 2. The van der Waals surface area contributed by atoms with Gasteiger partial charge in [-0.25, -0.2) is 0 Å². The summed E-state index contributed by atoms with van der Waals surface area (Å²) >= 11 is 0. The topological polar surface area (TPSA) is 114 Å². The predicted molar refractivity (Wildman–Crippen MR) is 235 cm³/mol. The van der Waals surface area contributed by atoms with Gasteiger partial charge >= 0.3 is 0 Å². The van der Waals surface area contributed by atoms with Crippen molar-refractivity contribution in [2.24, 2.45) is 9.98 Å². The molecule has 2 aliphatic heterocycles. The molecule has 0 bridgehead atoms. The Bertz CT molecular complexity index is 2200. The molecule has 0 saturated carbocycles. The van der Waals surface area contributed by atoms with Gasteiger partial charge in [0.15, 0.2) is 0 Å². The van der Waals surface area contributed by atoms with E-state index < -0.39 is 0 Å². The first-order valence-electron chi connectivity index (χ1n) is 20.2. The van der Waals surface area contributed by atoms with Gasteiger partial charge in [-0.3, -0.25) is 19.6 Å². The van der Waals surface area contributed by atoms with Crippen molar-refractivity contribution in [3.63, 3.8) is 0 Å². The van der Waals surface area contributed by atoms with Crippen LogP contribution in [0.5, 0.6) is 0 Å². The molecule has 0 fully saturated rings. The normalized spacial score (nSPS) is 16.7. The highest BCUT2D eigenvalue weighted by atomic mass is 16.2. The van der Waals surface area contributed by atoms with Crippen molar-refractivity contribution >= 4 is 35.4 Å². The van der Waals surface area contributed by atoms with Gasteiger partial charge in [0, 0.05) is 53.5 Å². The zero-order chi connectivity index (χ0) is 41.0. The number of aliphatic imine (C=N–C) groups is 2. The minimum absolute atomic E-state index is 0.0332. The zero-order valence-corrected chi connectivity index (χ0v) is 35.3. The largest absolute Gasteiger partial charge is 0.359 e. The Hall–Kier alpha value is -5.76. The van der Waals surface area contributed by atoms with Gasteiger partial charge in [0.05, 0.1) is 23.5 Å². The summed E-state index contributed by atoms with van der Waals surface area (Å²) in [5.74, 6) is 0.0978. The van der Waals surface area contributed by atoms with E-state index >= 15 is 0 Å². The molecule has 8 nitrogen and oxygen atoms in total. The van der Waals surface area contributed by atoms with Crippen molar-refractivity contribution in [1.82, 2.24) is 20.6 Å². The number of nitrogens with zero attached hydrogens (tertiary/aromatic N) is 2. The third kappa shape index (κ3) is 9.28. The van der Waals surface area contributed by atoms with Crippen molar-refractivity contribution in [3.8, 4) is 0 Å². The van der Waals surface area contributed by atoms with E-state index in [4.69, 9.17) is 9.98 Å². The molecular weight excluding hydrogens is 705 g/mol. The number of nitrogens with one attached hydrogen (secondary N) is 4. The number of aromatic nitrogens is 2. The zero-order valence-electron chi connectivity index (χ0n) is 35.3. The fraction of sp³-hybridized carbons (Fsp3) is 0.347. The summed E-state index contributed by atoms with van der Waals surface area (Å²) < 4.78 is 0. The smallest absolute Gasteiger partial charge is 0.220 e. The fourth-order valence-corrected chi connectivity index (χ4v) is 8.19. The molecule has 4 N–H and O–H groups in total. The van der Waals surface area contributed by atoms with E-state index in [0.29, 0.717) is 25.7 Å². The first-order valence-corrected chi connectivity index (χ1v) is 20.2. The molecule has 2 amide bonds. The molecule has 0 unspecified atom stereocenters. The molecule has 2 aromatic carbocycles. The maximum Gasteiger partial charge on any atom is 0.220 e. The van der Waals surface area contributed by atoms with E-state index in [1.54, 1.807) is 0 Å². The van der Waals surface area contributed by atoms with Gasteiger partial charge in [-0.1, -0.05) is 60.7 Å². The van der Waals surface area contributed by atoms with Gasteiger partial charge in [0.25, 0.3) is 0 Å². The van der Waals surface area contributed by atoms with Crippen molar-refractivity contribution in [1.29, 1.82) is 0 Å². The Morgan fingerprint density at radius 2 is 0.965 bits per heavy atom. The Morgan fingerprint density at radius 1 is 0.596 bits per heavy atom. The lowest BCUT2D eigenvalue weighted by atomic mass is 9.93. The number of hydrogen-bond acceptors (Lipinski definition) is 4. The van der Waals surface area contributed by atoms with Crippen LogP contribution in [0.3, 0.4) is 0 Å². The average molecular weight is 763 g/mol. The Kier molecular flexibility index (Phi) is 12.6. The van der Waals surface area contributed by atoms with Gasteiger partial charge in [0.1, 0.15) is 0 Å². The lowest BCUT2D eigenvalue weighted by Crippen LogP contribution is -2.26. The number of rotatable bonds is 14. The monoisotopic (exact) mass is 762 g/mol. The molecule has 4 aromatic rings. The van der Waals surface area contributed by atoms with Crippen molar-refractivity contribution in [3.05, 3.63) is 151 Å². The average Bonchev–Trinajstić information content (AvgIpc) is 3.82. The first-order chi connectivity index (χ1) is 27.2. The van der Waals surface area contributed by atoms with Crippen LogP contribution < -0.4 is 10.6 Å². The Morgan fingerprint density at radius 3 is 1.33 bits per heavy atom. The Balaban J connectivity index is 1.12. The third-order valence-electron chi connectivity index (χ3n) is 11.9. The summed E-state index contributed by atoms with van der Waals surface area (Å²) in [5, 5.41) is 6.29. The number of carbonyl (C=O) groups excluding carboxylic acids is 2. The second kappa shape index (κ2) is 17.6. The minimum Gasteiger partial charge on any atom is -0.359 e. The highest BCUT2D eigenvalue weighted by molar-refractivity contribution is 6.09. The van der Waals surface area contributed by atoms with Gasteiger partial charge in [-0.05, 0) is 150 Å². The molecule has 57 heavy (non-hydrogen) atoms. The van der Waals surface area contributed by atoms with Crippen molar-refractivity contribution in [2.45, 2.75) is 113 Å². The van der Waals surface area contributed by atoms with Crippen LogP contribution in [0.15, 0.2) is 104 Å². The number of aromatic amines is 2. The van der Waals surface area contributed by atoms with E-state index in [1.165, 1.54) is 33.4 Å². The van der Waals surface area contributed by atoms with E-state index in [2.05, 4.69) is 88.1 Å². The number of benzene rings is 2. The first kappa shape index (κ1) is 40.9. The quantitative estimate of drug-likeness (QED) is 0.102. The highest BCUT2D eigenvalue weighted by Gasteiger charge is 2.25. The second-order valence-corrected chi connectivity index (χ2v) is 15.8. The van der Waals surface area contributed by atoms with E-state index in [1.807, 2.05) is 74.5 Å². The maximum absolute atomic E-state index is 12.9. The van der Waals surface area contributed by atoms with Crippen LogP contribution >= 0.6 is 0 Å². The van der Waals surface area contributed by atoms with Crippen LogP contribution in [0.25, 0.3) is 12.2 Å². The summed E-state index contributed by atoms with van der Waals surface area (Å²) in [6, 6.07) is 20.0. The van der Waals surface area contributed by atoms with Crippen LogP contribution in [-0.4, -0.2) is 33.2 Å². The van der Waals surface area contributed by atoms with Crippen LogP contribution in [0.4, 0.5) is 0 Å². The molecule has 6 rings (SSSR count). The van der Waals surface area contributed by atoms with Gasteiger partial charge in [-0.15, -0.1) is 0 Å². The number of H-pyrrole nitrogens is 2. The van der Waals surface area contributed by atoms with E-state index in [9.17, 15) is 9.59 Å². The van der Waals surface area contributed by atoms with Crippen LogP contribution in [0, 0.1) is 27.7 Å². The van der Waals surface area contributed by atoms with E-state index in [-0.39, 0.29) is 23.9 Å². The standard InChI is InChI=1S/C49H58N6O2/c1-28-40(21-23-48(56)54-32(5)38-17-13-11-14-18-38)34(7)50-44(28)26-46-30(3)42(36(9)52-46)25-43-31(4)47(53-37(43)10)27-45-29(2)41(35(8)51-45)22-24-49(57)55-33(6)39-19-15-12-16-20-39/h11-20,26-27,32-33,50-51H,21-25H2,1-10H3,(H,54,56)(H,55,57)/b46-26-,47-27-/t32-,33-/m1/s1. The molecule has 0 radical (unpaired) electrons. The minimum atomic E-state index is -0.0332. The summed E-state index contributed by atoms with van der Waals surface area (Å²) in [4.78, 5) is 43.0. The van der Waals surface area contributed by atoms with Crippen LogP contribution in [0.1, 0.15) is 129 Å². The summed E-state index contributed by atoms with van der Waals surface area (Å²) in [6.07, 6.45) is 7.25. The third-order valence-corrected chi connectivity index (χ3v) is 11.9. The molecule has 0 spiro atoms. The van der Waals surface area contributed by atoms with Gasteiger partial charge in [-0.2, -0.15) is 0 Å². The van der Waals surface area contributed by atoms with E-state index in [0.717, 1.165) is 74.3 Å². The SMILES string of the molecule is CC1=N/C(=C\c2[nH]c(C)c(CCC(=O)N[C@H](C)c3ccccc3)c2C)C(C)=C1CC1=C(C)/C(=C/c2[nH]c(C)c(CCC(=O)N[C@H](C)c3ccccc3)c2C)N=C1C. The molecular formula is C49H58N6O2. The lowest BCUT2D eigenvalue weighted by molar-refractivity contribution is -0.122. The predicted octanol–water partition coefficient (Wildman–Crippen LogP) is 10.6. The molecule has 4 heterocycles. The number of hydrogen-bond donors (Lipinski definition) is 4. The second-order valence-electron chi connectivity index (χ2n) is 15.8. The number of carbonyl (C=O) groups is 2. The van der Waals surface area contributed by atoms with Crippen molar-refractivity contribution in [2.75, 3.05) is 0 Å². The number of allylic oxidation sites excluding steroid dienone is 4. The van der Waals surface area contributed by atoms with Gasteiger partial charge in [0.2, 0.25) is 11.8 Å². The van der Waals surface area contributed by atoms with Crippen LogP contribution in [-0.2, 0) is 22.4 Å². The number of aryl methyl sites for hydroxylation is 2. The highest BCUT2D eigenvalue weighted by Crippen LogP contribution is 2.37. The maximum atomic E-state index is 12.9. The summed E-state index contributed by atoms with van der Waals surface area (Å²) in [5.41, 5.74) is 19.9. The summed E-state index contributed by atoms with van der Waals surface area (Å²) in [6.45, 7) is 21.0. The lowest BCUT2D eigenvalue weighted by Gasteiger charge is -2.14. The molecule has 296 valence electrons. The van der Waals surface area contributed by atoms with Crippen molar-refractivity contribution < 1.29 is 9.59 Å². The van der Waals surface area contributed by atoms with Gasteiger partial charge < -0.3 is 20.6 Å². The molecule has 0 aliphatic carbocycles. The van der Waals surface area contributed by atoms with Crippen LogP contribution in [0.2, 0.25) is 0 Å². The molecule has 0 saturated heterocycles. The molecule has 2 aliphatic rings. The molecule has 8 heteroatoms. The summed E-state index contributed by atoms with van der Waals surface area (Å²) in [7, 11) is 0. The molecule has 2 atom stereocenters. The Labute approximate surface area is 338 Å². The molecule has 2 aromatic heterocycles.